The van der Waals surface area contributed by atoms with Crippen LogP contribution in [0.4, 0.5) is 26.3 Å². The number of hydrogen-bond donors (Lipinski definition) is 2. The smallest absolute Gasteiger partial charge is 0.430 e. The van der Waals surface area contributed by atoms with Crippen molar-refractivity contribution in [3.05, 3.63) is 29.8 Å². The van der Waals surface area contributed by atoms with Crippen LogP contribution in [-0.2, 0) is 6.54 Å². The SMILES string of the molecule is CC(O)CNCc1ccc(OC(F)(F)C(F)C(F)(F)F)cc1. The van der Waals surface area contributed by atoms with Gasteiger partial charge in [0.15, 0.2) is 0 Å². The molecule has 0 heterocycles. The summed E-state index contributed by atoms with van der Waals surface area (Å²) < 4.78 is 78.4. The lowest BCUT2D eigenvalue weighted by molar-refractivity contribution is -0.304. The van der Waals surface area contributed by atoms with Gasteiger partial charge < -0.3 is 15.2 Å². The molecule has 1 rings (SSSR count). The van der Waals surface area contributed by atoms with E-state index in [4.69, 9.17) is 5.11 Å². The molecule has 1 aromatic rings. The van der Waals surface area contributed by atoms with Gasteiger partial charge in [0.05, 0.1) is 6.10 Å². The van der Waals surface area contributed by atoms with Crippen molar-refractivity contribution in [2.24, 2.45) is 0 Å². The Bertz CT molecular complexity index is 461. The predicted molar refractivity (Wildman–Crippen MR) is 66.4 cm³/mol. The van der Waals surface area contributed by atoms with Crippen LogP contribution in [0.15, 0.2) is 24.3 Å². The van der Waals surface area contributed by atoms with E-state index in [-0.39, 0.29) is 0 Å². The quantitative estimate of drug-likeness (QED) is 0.755. The van der Waals surface area contributed by atoms with Gasteiger partial charge in [-0.25, -0.2) is 4.39 Å². The summed E-state index contributed by atoms with van der Waals surface area (Å²) in [5.74, 6) is -0.587. The van der Waals surface area contributed by atoms with Gasteiger partial charge in [0.1, 0.15) is 5.75 Å². The van der Waals surface area contributed by atoms with E-state index in [1.807, 2.05) is 0 Å². The van der Waals surface area contributed by atoms with E-state index >= 15 is 0 Å². The molecule has 22 heavy (non-hydrogen) atoms. The number of halogens is 6. The highest BCUT2D eigenvalue weighted by atomic mass is 19.4. The van der Waals surface area contributed by atoms with Crippen LogP contribution >= 0.6 is 0 Å². The first kappa shape index (κ1) is 18.6. The van der Waals surface area contributed by atoms with E-state index < -0.39 is 30.3 Å². The Kier molecular flexibility index (Phi) is 6.07. The maximum atomic E-state index is 13.0. The van der Waals surface area contributed by atoms with Gasteiger partial charge in [-0.15, -0.1) is 0 Å². The summed E-state index contributed by atoms with van der Waals surface area (Å²) in [5.41, 5.74) is 0.629. The highest BCUT2D eigenvalue weighted by Crippen LogP contribution is 2.36. The molecule has 0 spiro atoms. The molecule has 0 radical (unpaired) electrons. The highest BCUT2D eigenvalue weighted by molar-refractivity contribution is 5.27. The Labute approximate surface area is 122 Å². The lowest BCUT2D eigenvalue weighted by Crippen LogP contribution is -2.45. The summed E-state index contributed by atoms with van der Waals surface area (Å²) in [6.07, 6.45) is -15.7. The maximum absolute atomic E-state index is 13.0. The molecule has 0 fully saturated rings. The molecule has 0 aromatic heterocycles. The first-order chi connectivity index (χ1) is 10.0. The van der Waals surface area contributed by atoms with Gasteiger partial charge in [-0.3, -0.25) is 0 Å². The van der Waals surface area contributed by atoms with Crippen LogP contribution in [0.25, 0.3) is 0 Å². The molecule has 2 unspecified atom stereocenters. The van der Waals surface area contributed by atoms with Crippen molar-refractivity contribution in [1.29, 1.82) is 0 Å². The minimum Gasteiger partial charge on any atom is -0.430 e. The van der Waals surface area contributed by atoms with Crippen molar-refractivity contribution in [2.75, 3.05) is 6.54 Å². The maximum Gasteiger partial charge on any atom is 0.439 e. The monoisotopic (exact) mass is 331 g/mol. The first-order valence-corrected chi connectivity index (χ1v) is 6.27. The molecule has 2 atom stereocenters. The third-order valence-corrected chi connectivity index (χ3v) is 2.53. The van der Waals surface area contributed by atoms with Crippen molar-refractivity contribution in [1.82, 2.24) is 5.32 Å². The second kappa shape index (κ2) is 7.19. The van der Waals surface area contributed by atoms with Crippen molar-refractivity contribution >= 4 is 0 Å². The normalized spacial score (nSPS) is 15.5. The molecule has 0 amide bonds. The number of rotatable bonds is 7. The van der Waals surface area contributed by atoms with Gasteiger partial charge in [-0.05, 0) is 24.6 Å². The highest BCUT2D eigenvalue weighted by Gasteiger charge is 2.59. The molecular formula is C13H15F6NO2. The minimum atomic E-state index is -5.71. The van der Waals surface area contributed by atoms with E-state index in [1.54, 1.807) is 6.92 Å². The first-order valence-electron chi connectivity index (χ1n) is 6.27. The van der Waals surface area contributed by atoms with Gasteiger partial charge in [-0.1, -0.05) is 12.1 Å². The lowest BCUT2D eigenvalue weighted by Gasteiger charge is -2.23. The van der Waals surface area contributed by atoms with Crippen molar-refractivity contribution < 1.29 is 36.2 Å². The summed E-state index contributed by atoms with van der Waals surface area (Å²) in [5, 5.41) is 11.9. The van der Waals surface area contributed by atoms with Gasteiger partial charge in [0.25, 0.3) is 6.17 Å². The number of aliphatic hydroxyl groups is 1. The van der Waals surface area contributed by atoms with Crippen LogP contribution in [0, 0.1) is 0 Å². The fourth-order valence-electron chi connectivity index (χ4n) is 1.50. The van der Waals surface area contributed by atoms with E-state index in [0.717, 1.165) is 12.1 Å². The predicted octanol–water partition coefficient (Wildman–Crippen LogP) is 3.03. The van der Waals surface area contributed by atoms with Crippen LogP contribution in [0.3, 0.4) is 0 Å². The molecular weight excluding hydrogens is 316 g/mol. The Hall–Kier alpha value is -1.48. The largest absolute Gasteiger partial charge is 0.439 e. The number of aliphatic hydroxyl groups excluding tert-OH is 1. The summed E-state index contributed by atoms with van der Waals surface area (Å²) in [6, 6.07) is 4.69. The second-order valence-electron chi connectivity index (χ2n) is 4.69. The van der Waals surface area contributed by atoms with Crippen molar-refractivity contribution in [3.8, 4) is 5.75 Å². The fourth-order valence-corrected chi connectivity index (χ4v) is 1.50. The Balaban J connectivity index is 2.63. The second-order valence-corrected chi connectivity index (χ2v) is 4.69. The van der Waals surface area contributed by atoms with Crippen molar-refractivity contribution in [3.63, 3.8) is 0 Å². The van der Waals surface area contributed by atoms with E-state index in [2.05, 4.69) is 10.1 Å². The molecule has 0 bridgehead atoms. The van der Waals surface area contributed by atoms with Crippen LogP contribution in [0.2, 0.25) is 0 Å². The number of alkyl halides is 6. The molecule has 0 saturated heterocycles. The van der Waals surface area contributed by atoms with Crippen LogP contribution in [0.5, 0.6) is 5.75 Å². The topological polar surface area (TPSA) is 41.5 Å². The number of ether oxygens (including phenoxy) is 1. The molecule has 2 N–H and O–H groups in total. The molecule has 0 saturated carbocycles. The van der Waals surface area contributed by atoms with E-state index in [0.29, 0.717) is 18.7 Å². The van der Waals surface area contributed by atoms with Gasteiger partial charge in [0, 0.05) is 13.1 Å². The molecule has 0 aliphatic carbocycles. The van der Waals surface area contributed by atoms with E-state index in [9.17, 15) is 26.3 Å². The Morgan fingerprint density at radius 2 is 1.68 bits per heavy atom. The van der Waals surface area contributed by atoms with E-state index in [1.165, 1.54) is 12.1 Å². The fraction of sp³-hybridized carbons (Fsp3) is 0.538. The third kappa shape index (κ3) is 5.72. The van der Waals surface area contributed by atoms with Gasteiger partial charge in [-0.2, -0.15) is 22.0 Å². The average Bonchev–Trinajstić information content (AvgIpc) is 2.38. The summed E-state index contributed by atoms with van der Waals surface area (Å²) >= 11 is 0. The van der Waals surface area contributed by atoms with Gasteiger partial charge in [0.2, 0.25) is 0 Å². The number of hydrogen-bond acceptors (Lipinski definition) is 3. The zero-order chi connectivity index (χ0) is 17.0. The summed E-state index contributed by atoms with van der Waals surface area (Å²) in [4.78, 5) is 0. The summed E-state index contributed by atoms with van der Waals surface area (Å²) in [6.45, 7) is 2.20. The average molecular weight is 331 g/mol. The van der Waals surface area contributed by atoms with Crippen LogP contribution < -0.4 is 10.1 Å². The minimum absolute atomic E-state index is 0.311. The molecule has 0 aliphatic heterocycles. The molecule has 1 aromatic carbocycles. The van der Waals surface area contributed by atoms with Crippen molar-refractivity contribution in [2.45, 2.75) is 38.0 Å². The molecule has 9 heteroatoms. The molecule has 3 nitrogen and oxygen atoms in total. The third-order valence-electron chi connectivity index (χ3n) is 2.53. The lowest BCUT2D eigenvalue weighted by atomic mass is 10.2. The zero-order valence-corrected chi connectivity index (χ0v) is 11.5. The van der Waals surface area contributed by atoms with Crippen LogP contribution in [0.1, 0.15) is 12.5 Å². The molecule has 0 aliphatic rings. The zero-order valence-electron chi connectivity index (χ0n) is 11.5. The Morgan fingerprint density at radius 3 is 2.14 bits per heavy atom. The summed E-state index contributed by atoms with van der Waals surface area (Å²) in [7, 11) is 0. The number of nitrogens with one attached hydrogen (secondary N) is 1. The Morgan fingerprint density at radius 1 is 1.14 bits per heavy atom. The van der Waals surface area contributed by atoms with Crippen LogP contribution in [-0.4, -0.2) is 36.2 Å². The van der Waals surface area contributed by atoms with Gasteiger partial charge >= 0.3 is 12.3 Å². The standard InChI is InChI=1S/C13H15F6NO2/c1-8(21)6-20-7-9-2-4-10(5-3-9)22-13(18,19)11(14)12(15,16)17/h2-5,8,11,20-21H,6-7H2,1H3. The molecule has 126 valence electrons. The number of benzene rings is 1.